The van der Waals surface area contributed by atoms with Crippen molar-refractivity contribution >= 4 is 11.9 Å². The van der Waals surface area contributed by atoms with Crippen LogP contribution < -0.4 is 14.2 Å². The van der Waals surface area contributed by atoms with Gasteiger partial charge in [-0.1, -0.05) is 18.2 Å². The fourth-order valence-corrected chi connectivity index (χ4v) is 2.12. The molecule has 0 saturated heterocycles. The van der Waals surface area contributed by atoms with Gasteiger partial charge in [-0.05, 0) is 29.8 Å². The topological polar surface area (TPSA) is 71.1 Å². The van der Waals surface area contributed by atoms with E-state index in [1.54, 1.807) is 42.5 Å². The summed E-state index contributed by atoms with van der Waals surface area (Å²) >= 11 is 0. The first-order valence-electron chi connectivity index (χ1n) is 7.18. The van der Waals surface area contributed by atoms with Crippen molar-refractivity contribution in [2.24, 2.45) is 0 Å². The Bertz CT molecular complexity index is 699. The van der Waals surface area contributed by atoms with Crippen molar-refractivity contribution in [1.29, 1.82) is 0 Å². The minimum Gasteiger partial charge on any atom is -0.496 e. The molecule has 0 aromatic heterocycles. The molecular formula is C18H18O6. The normalized spacial score (nSPS) is 9.96. The van der Waals surface area contributed by atoms with Gasteiger partial charge in [-0.2, -0.15) is 0 Å². The number of methoxy groups -OCH3 is 3. The lowest BCUT2D eigenvalue weighted by Crippen LogP contribution is -2.12. The molecule has 0 unspecified atom stereocenters. The van der Waals surface area contributed by atoms with Crippen LogP contribution in [0.3, 0.4) is 0 Å². The van der Waals surface area contributed by atoms with Crippen LogP contribution in [0.2, 0.25) is 0 Å². The van der Waals surface area contributed by atoms with Gasteiger partial charge in [0, 0.05) is 0 Å². The number of carbonyl (C=O) groups is 2. The Hall–Kier alpha value is -3.02. The Morgan fingerprint density at radius 3 is 1.96 bits per heavy atom. The molecule has 6 heteroatoms. The summed E-state index contributed by atoms with van der Waals surface area (Å²) in [6.45, 7) is 0. The largest absolute Gasteiger partial charge is 0.496 e. The predicted octanol–water partition coefficient (Wildman–Crippen LogP) is 2.64. The van der Waals surface area contributed by atoms with Gasteiger partial charge in [0.25, 0.3) is 0 Å². The van der Waals surface area contributed by atoms with Crippen LogP contribution in [0.25, 0.3) is 0 Å². The highest BCUT2D eigenvalue weighted by Crippen LogP contribution is 2.29. The molecule has 0 aliphatic rings. The molecule has 2 rings (SSSR count). The molecule has 2 aromatic carbocycles. The second-order valence-electron chi connectivity index (χ2n) is 4.82. The van der Waals surface area contributed by atoms with E-state index in [2.05, 4.69) is 4.74 Å². The molecule has 0 fully saturated rings. The van der Waals surface area contributed by atoms with Gasteiger partial charge < -0.3 is 18.9 Å². The van der Waals surface area contributed by atoms with Crippen LogP contribution in [0, 0.1) is 0 Å². The van der Waals surface area contributed by atoms with Gasteiger partial charge in [0.2, 0.25) is 0 Å². The molecule has 0 N–H and O–H groups in total. The van der Waals surface area contributed by atoms with E-state index in [0.29, 0.717) is 17.2 Å². The molecule has 0 amide bonds. The zero-order chi connectivity index (χ0) is 17.5. The number of esters is 2. The van der Waals surface area contributed by atoms with Crippen molar-refractivity contribution in [1.82, 2.24) is 0 Å². The van der Waals surface area contributed by atoms with Gasteiger partial charge in [-0.25, -0.2) is 4.79 Å². The maximum atomic E-state index is 12.4. The average molecular weight is 330 g/mol. The highest BCUT2D eigenvalue weighted by atomic mass is 16.5. The van der Waals surface area contributed by atoms with Crippen LogP contribution in [0.1, 0.15) is 15.9 Å². The Morgan fingerprint density at radius 2 is 1.46 bits per heavy atom. The highest BCUT2D eigenvalue weighted by Gasteiger charge is 2.20. The first-order valence-corrected chi connectivity index (χ1v) is 7.18. The first-order chi connectivity index (χ1) is 11.6. The van der Waals surface area contributed by atoms with Crippen molar-refractivity contribution in [2.45, 2.75) is 6.42 Å². The van der Waals surface area contributed by atoms with Crippen molar-refractivity contribution in [3.63, 3.8) is 0 Å². The van der Waals surface area contributed by atoms with Crippen LogP contribution in [-0.2, 0) is 16.0 Å². The maximum Gasteiger partial charge on any atom is 0.351 e. The van der Waals surface area contributed by atoms with E-state index in [-0.39, 0.29) is 18.0 Å². The van der Waals surface area contributed by atoms with E-state index in [1.807, 2.05) is 0 Å². The summed E-state index contributed by atoms with van der Waals surface area (Å²) in [5.74, 6) is 0.147. The second kappa shape index (κ2) is 8.01. The Kier molecular flexibility index (Phi) is 5.78. The Balaban J connectivity index is 2.17. The third kappa shape index (κ3) is 4.04. The molecule has 0 saturated carbocycles. The zero-order valence-corrected chi connectivity index (χ0v) is 13.7. The van der Waals surface area contributed by atoms with Gasteiger partial charge in [0.05, 0.1) is 27.8 Å². The SMILES string of the molecule is COC(=O)Cc1ccc(OC(=O)c2c(OC)cccc2OC)cc1. The molecule has 0 heterocycles. The summed E-state index contributed by atoms with van der Waals surface area (Å²) in [4.78, 5) is 23.7. The van der Waals surface area contributed by atoms with Crippen molar-refractivity contribution in [2.75, 3.05) is 21.3 Å². The molecule has 126 valence electrons. The molecular weight excluding hydrogens is 312 g/mol. The molecule has 0 spiro atoms. The lowest BCUT2D eigenvalue weighted by atomic mass is 10.1. The quantitative estimate of drug-likeness (QED) is 0.599. The van der Waals surface area contributed by atoms with E-state index >= 15 is 0 Å². The average Bonchev–Trinajstić information content (AvgIpc) is 2.62. The van der Waals surface area contributed by atoms with E-state index in [9.17, 15) is 9.59 Å². The fourth-order valence-electron chi connectivity index (χ4n) is 2.12. The number of carbonyl (C=O) groups excluding carboxylic acids is 2. The van der Waals surface area contributed by atoms with Crippen LogP contribution in [0.5, 0.6) is 17.2 Å². The minimum atomic E-state index is -0.593. The van der Waals surface area contributed by atoms with E-state index in [1.165, 1.54) is 21.3 Å². The maximum absolute atomic E-state index is 12.4. The Labute approximate surface area is 139 Å². The monoisotopic (exact) mass is 330 g/mol. The van der Waals surface area contributed by atoms with Crippen LogP contribution in [-0.4, -0.2) is 33.3 Å². The molecule has 0 atom stereocenters. The van der Waals surface area contributed by atoms with Crippen molar-refractivity contribution < 1.29 is 28.5 Å². The lowest BCUT2D eigenvalue weighted by Gasteiger charge is -2.12. The molecule has 24 heavy (non-hydrogen) atoms. The smallest absolute Gasteiger partial charge is 0.351 e. The number of ether oxygens (including phenoxy) is 4. The molecule has 0 bridgehead atoms. The summed E-state index contributed by atoms with van der Waals surface area (Å²) in [5, 5.41) is 0. The third-order valence-corrected chi connectivity index (χ3v) is 3.34. The van der Waals surface area contributed by atoms with Gasteiger partial charge in [-0.15, -0.1) is 0 Å². The predicted molar refractivity (Wildman–Crippen MR) is 86.7 cm³/mol. The molecule has 6 nitrogen and oxygen atoms in total. The molecule has 2 aromatic rings. The molecule has 0 radical (unpaired) electrons. The van der Waals surface area contributed by atoms with Crippen molar-refractivity contribution in [3.8, 4) is 17.2 Å². The first kappa shape index (κ1) is 17.3. The van der Waals surface area contributed by atoms with Gasteiger partial charge in [0.15, 0.2) is 0 Å². The summed E-state index contributed by atoms with van der Waals surface area (Å²) in [7, 11) is 4.26. The molecule has 0 aliphatic carbocycles. The summed E-state index contributed by atoms with van der Waals surface area (Å²) in [6, 6.07) is 11.6. The van der Waals surface area contributed by atoms with E-state index < -0.39 is 5.97 Å². The van der Waals surface area contributed by atoms with Gasteiger partial charge >= 0.3 is 11.9 Å². The second-order valence-corrected chi connectivity index (χ2v) is 4.82. The van der Waals surface area contributed by atoms with Crippen LogP contribution >= 0.6 is 0 Å². The number of rotatable bonds is 6. The summed E-state index contributed by atoms with van der Waals surface area (Å²) in [5.41, 5.74) is 0.970. The summed E-state index contributed by atoms with van der Waals surface area (Å²) in [6.07, 6.45) is 0.158. The fraction of sp³-hybridized carbons (Fsp3) is 0.222. The van der Waals surface area contributed by atoms with Crippen molar-refractivity contribution in [3.05, 3.63) is 53.6 Å². The van der Waals surface area contributed by atoms with Gasteiger partial charge in [-0.3, -0.25) is 4.79 Å². The van der Waals surface area contributed by atoms with E-state index in [0.717, 1.165) is 5.56 Å². The van der Waals surface area contributed by atoms with E-state index in [4.69, 9.17) is 14.2 Å². The summed E-state index contributed by atoms with van der Waals surface area (Å²) < 4.78 is 20.3. The number of hydrogen-bond donors (Lipinski definition) is 0. The molecule has 0 aliphatic heterocycles. The zero-order valence-electron chi connectivity index (χ0n) is 13.7. The minimum absolute atomic E-state index is 0.158. The third-order valence-electron chi connectivity index (χ3n) is 3.34. The van der Waals surface area contributed by atoms with Gasteiger partial charge in [0.1, 0.15) is 22.8 Å². The Morgan fingerprint density at radius 1 is 0.875 bits per heavy atom. The lowest BCUT2D eigenvalue weighted by molar-refractivity contribution is -0.139. The highest BCUT2D eigenvalue weighted by molar-refractivity contribution is 5.97. The van der Waals surface area contributed by atoms with Crippen LogP contribution in [0.4, 0.5) is 0 Å². The number of hydrogen-bond acceptors (Lipinski definition) is 6. The standard InChI is InChI=1S/C18H18O6/c1-21-14-5-4-6-15(22-2)17(14)18(20)24-13-9-7-12(8-10-13)11-16(19)23-3/h4-10H,11H2,1-3H3. The van der Waals surface area contributed by atoms with Crippen LogP contribution in [0.15, 0.2) is 42.5 Å². The number of benzene rings is 2.